The Morgan fingerprint density at radius 3 is 2.57 bits per heavy atom. The minimum atomic E-state index is -0.210. The molecule has 0 spiro atoms. The maximum atomic E-state index is 12.4. The molecule has 1 fully saturated rings. The lowest BCUT2D eigenvalue weighted by molar-refractivity contribution is -0.151. The zero-order valence-electron chi connectivity index (χ0n) is 12.5. The van der Waals surface area contributed by atoms with Gasteiger partial charge in [0.25, 0.3) is 0 Å². The highest BCUT2D eigenvalue weighted by molar-refractivity contribution is 5.91. The molecule has 0 aromatic heterocycles. The van der Waals surface area contributed by atoms with Gasteiger partial charge in [-0.2, -0.15) is 0 Å². The van der Waals surface area contributed by atoms with Gasteiger partial charge in [-0.1, -0.05) is 48.9 Å². The summed E-state index contributed by atoms with van der Waals surface area (Å²) in [6.45, 7) is 1.95. The van der Waals surface area contributed by atoms with Gasteiger partial charge >= 0.3 is 5.97 Å². The Morgan fingerprint density at radius 2 is 1.76 bits per heavy atom. The SMILES string of the molecule is C[C@H](C(=O)OC1CCCCC1)c1cccc2ccccc12. The predicted octanol–water partition coefficient (Wildman–Crippen LogP) is 4.82. The highest BCUT2D eigenvalue weighted by Gasteiger charge is 2.23. The molecule has 1 atom stereocenters. The van der Waals surface area contributed by atoms with Crippen molar-refractivity contribution in [3.63, 3.8) is 0 Å². The van der Waals surface area contributed by atoms with Crippen molar-refractivity contribution in [3.05, 3.63) is 48.0 Å². The number of carbonyl (C=O) groups excluding carboxylic acids is 1. The first-order chi connectivity index (χ1) is 10.3. The molecule has 0 unspecified atom stereocenters. The second-order valence-corrected chi connectivity index (χ2v) is 5.99. The molecule has 1 aliphatic rings. The summed E-state index contributed by atoms with van der Waals surface area (Å²) in [5.74, 6) is -0.295. The van der Waals surface area contributed by atoms with Crippen LogP contribution in [-0.4, -0.2) is 12.1 Å². The second-order valence-electron chi connectivity index (χ2n) is 5.99. The molecule has 0 amide bonds. The summed E-state index contributed by atoms with van der Waals surface area (Å²) in [5.41, 5.74) is 1.06. The molecule has 2 heteroatoms. The lowest BCUT2D eigenvalue weighted by atomic mass is 9.94. The van der Waals surface area contributed by atoms with Crippen LogP contribution in [0.4, 0.5) is 0 Å². The number of ether oxygens (including phenoxy) is 1. The number of fused-ring (bicyclic) bond motifs is 1. The number of hydrogen-bond donors (Lipinski definition) is 0. The first kappa shape index (κ1) is 14.1. The van der Waals surface area contributed by atoms with Crippen molar-refractivity contribution >= 4 is 16.7 Å². The number of benzene rings is 2. The van der Waals surface area contributed by atoms with E-state index in [-0.39, 0.29) is 18.0 Å². The van der Waals surface area contributed by atoms with Crippen molar-refractivity contribution < 1.29 is 9.53 Å². The van der Waals surface area contributed by atoms with E-state index in [4.69, 9.17) is 4.74 Å². The topological polar surface area (TPSA) is 26.3 Å². The smallest absolute Gasteiger partial charge is 0.313 e. The standard InChI is InChI=1S/C19H22O2/c1-14(19(20)21-16-10-3-2-4-11-16)17-13-7-9-15-8-5-6-12-18(15)17/h5-9,12-14,16H,2-4,10-11H2,1H3/t14-/m0/s1. The van der Waals surface area contributed by atoms with E-state index in [1.165, 1.54) is 24.6 Å². The zero-order chi connectivity index (χ0) is 14.7. The van der Waals surface area contributed by atoms with Gasteiger partial charge in [-0.15, -0.1) is 0 Å². The van der Waals surface area contributed by atoms with Gasteiger partial charge in [-0.25, -0.2) is 0 Å². The molecular formula is C19H22O2. The number of hydrogen-bond acceptors (Lipinski definition) is 2. The average molecular weight is 282 g/mol. The Balaban J connectivity index is 1.79. The van der Waals surface area contributed by atoms with Crippen molar-refractivity contribution in [1.29, 1.82) is 0 Å². The summed E-state index contributed by atoms with van der Waals surface area (Å²) in [6, 6.07) is 14.3. The van der Waals surface area contributed by atoms with Gasteiger partial charge in [0.1, 0.15) is 6.10 Å². The summed E-state index contributed by atoms with van der Waals surface area (Å²) in [5, 5.41) is 2.32. The summed E-state index contributed by atoms with van der Waals surface area (Å²) in [4.78, 5) is 12.4. The average Bonchev–Trinajstić information content (AvgIpc) is 2.54. The van der Waals surface area contributed by atoms with Gasteiger partial charge in [-0.3, -0.25) is 4.79 Å². The third kappa shape index (κ3) is 3.10. The molecule has 0 aliphatic heterocycles. The van der Waals surface area contributed by atoms with Crippen LogP contribution in [0.1, 0.15) is 50.5 Å². The van der Waals surface area contributed by atoms with Crippen LogP contribution in [0.5, 0.6) is 0 Å². The normalized spacial score (nSPS) is 17.6. The van der Waals surface area contributed by atoms with E-state index >= 15 is 0 Å². The van der Waals surface area contributed by atoms with Crippen molar-refractivity contribution in [3.8, 4) is 0 Å². The van der Waals surface area contributed by atoms with Crippen molar-refractivity contribution in [2.75, 3.05) is 0 Å². The molecule has 21 heavy (non-hydrogen) atoms. The maximum absolute atomic E-state index is 12.4. The van der Waals surface area contributed by atoms with E-state index in [0.29, 0.717) is 0 Å². The first-order valence-corrected chi connectivity index (χ1v) is 7.94. The number of esters is 1. The van der Waals surface area contributed by atoms with Crippen LogP contribution in [0.3, 0.4) is 0 Å². The van der Waals surface area contributed by atoms with Crippen LogP contribution in [0.2, 0.25) is 0 Å². The first-order valence-electron chi connectivity index (χ1n) is 7.94. The largest absolute Gasteiger partial charge is 0.462 e. The Morgan fingerprint density at radius 1 is 1.05 bits per heavy atom. The molecular weight excluding hydrogens is 260 g/mol. The fourth-order valence-corrected chi connectivity index (χ4v) is 3.20. The Hall–Kier alpha value is -1.83. The predicted molar refractivity (Wildman–Crippen MR) is 85.3 cm³/mol. The van der Waals surface area contributed by atoms with Crippen LogP contribution in [0.25, 0.3) is 10.8 Å². The van der Waals surface area contributed by atoms with Crippen molar-refractivity contribution in [1.82, 2.24) is 0 Å². The van der Waals surface area contributed by atoms with Crippen molar-refractivity contribution in [2.24, 2.45) is 0 Å². The molecule has 3 rings (SSSR count). The summed E-state index contributed by atoms with van der Waals surface area (Å²) >= 11 is 0. The van der Waals surface area contributed by atoms with Gasteiger partial charge in [0.05, 0.1) is 5.92 Å². The van der Waals surface area contributed by atoms with Gasteiger partial charge in [-0.05, 0) is 48.9 Å². The molecule has 1 aliphatic carbocycles. The summed E-state index contributed by atoms with van der Waals surface area (Å²) < 4.78 is 5.72. The van der Waals surface area contributed by atoms with E-state index in [0.717, 1.165) is 23.8 Å². The van der Waals surface area contributed by atoms with E-state index in [2.05, 4.69) is 18.2 Å². The third-order valence-electron chi connectivity index (χ3n) is 4.48. The maximum Gasteiger partial charge on any atom is 0.313 e. The summed E-state index contributed by atoms with van der Waals surface area (Å²) in [6.07, 6.45) is 5.81. The fraction of sp³-hybridized carbons (Fsp3) is 0.421. The van der Waals surface area contributed by atoms with Crippen LogP contribution in [0, 0.1) is 0 Å². The molecule has 0 N–H and O–H groups in total. The van der Waals surface area contributed by atoms with E-state index < -0.39 is 0 Å². The highest BCUT2D eigenvalue weighted by atomic mass is 16.5. The van der Waals surface area contributed by atoms with E-state index in [1.807, 2.05) is 31.2 Å². The fourth-order valence-electron chi connectivity index (χ4n) is 3.20. The van der Waals surface area contributed by atoms with Crippen LogP contribution in [-0.2, 0) is 9.53 Å². The van der Waals surface area contributed by atoms with E-state index in [9.17, 15) is 4.79 Å². The number of rotatable bonds is 3. The lowest BCUT2D eigenvalue weighted by Gasteiger charge is -2.24. The highest BCUT2D eigenvalue weighted by Crippen LogP contribution is 2.28. The zero-order valence-corrected chi connectivity index (χ0v) is 12.5. The van der Waals surface area contributed by atoms with E-state index in [1.54, 1.807) is 0 Å². The molecule has 2 aromatic carbocycles. The molecule has 0 heterocycles. The van der Waals surface area contributed by atoms with Crippen LogP contribution in [0.15, 0.2) is 42.5 Å². The van der Waals surface area contributed by atoms with Crippen LogP contribution < -0.4 is 0 Å². The Kier molecular flexibility index (Phi) is 4.23. The molecule has 0 bridgehead atoms. The monoisotopic (exact) mass is 282 g/mol. The molecule has 0 radical (unpaired) electrons. The summed E-state index contributed by atoms with van der Waals surface area (Å²) in [7, 11) is 0. The lowest BCUT2D eigenvalue weighted by Crippen LogP contribution is -2.24. The third-order valence-corrected chi connectivity index (χ3v) is 4.48. The van der Waals surface area contributed by atoms with Crippen molar-refractivity contribution in [2.45, 2.75) is 51.0 Å². The molecule has 2 aromatic rings. The minimum absolute atomic E-state index is 0.0850. The molecule has 0 saturated heterocycles. The van der Waals surface area contributed by atoms with Crippen LogP contribution >= 0.6 is 0 Å². The second kappa shape index (κ2) is 6.30. The van der Waals surface area contributed by atoms with Gasteiger partial charge in [0.15, 0.2) is 0 Å². The van der Waals surface area contributed by atoms with Gasteiger partial charge in [0.2, 0.25) is 0 Å². The quantitative estimate of drug-likeness (QED) is 0.754. The minimum Gasteiger partial charge on any atom is -0.462 e. The Labute approximate surface area is 126 Å². The molecule has 1 saturated carbocycles. The molecule has 110 valence electrons. The molecule has 2 nitrogen and oxygen atoms in total. The van der Waals surface area contributed by atoms with Gasteiger partial charge < -0.3 is 4.74 Å². The number of carbonyl (C=O) groups is 1. The van der Waals surface area contributed by atoms with Gasteiger partial charge in [0, 0.05) is 0 Å². The Bertz CT molecular complexity index is 621.